The van der Waals surface area contributed by atoms with E-state index in [1.165, 1.54) is 11.6 Å². The van der Waals surface area contributed by atoms with E-state index >= 15 is 0 Å². The number of halogens is 1. The van der Waals surface area contributed by atoms with Crippen molar-refractivity contribution in [3.8, 4) is 5.75 Å². The summed E-state index contributed by atoms with van der Waals surface area (Å²) in [6, 6.07) is 20.2. The second-order valence-electron chi connectivity index (χ2n) is 7.00. The van der Waals surface area contributed by atoms with Gasteiger partial charge in [-0.05, 0) is 36.4 Å². The predicted octanol–water partition coefficient (Wildman–Crippen LogP) is 4.90. The Morgan fingerprint density at radius 1 is 0.964 bits per heavy atom. The molecule has 0 saturated heterocycles. The smallest absolute Gasteiger partial charge is 0.175 e. The molecule has 0 aliphatic rings. The Labute approximate surface area is 162 Å². The molecule has 0 spiro atoms. The molecule has 1 N–H and O–H groups in total. The first-order chi connectivity index (χ1) is 13.6. The molecule has 0 amide bonds. The summed E-state index contributed by atoms with van der Waals surface area (Å²) in [5, 5.41) is 15.3. The summed E-state index contributed by atoms with van der Waals surface area (Å²) in [5.74, 6) is -0.0961. The van der Waals surface area contributed by atoms with Gasteiger partial charge in [-0.2, -0.15) is 0 Å². The lowest BCUT2D eigenvalue weighted by atomic mass is 10.0. The Hall–Kier alpha value is -3.18. The average Bonchev–Trinajstić information content (AvgIpc) is 3.10. The Kier molecular flexibility index (Phi) is 5.08. The number of aromatic hydroxyl groups is 1. The lowest BCUT2D eigenvalue weighted by Crippen LogP contribution is -2.17. The summed E-state index contributed by atoms with van der Waals surface area (Å²) in [7, 11) is 1.99. The van der Waals surface area contributed by atoms with Crippen LogP contribution in [0.25, 0.3) is 11.0 Å². The molecule has 1 heterocycles. The summed E-state index contributed by atoms with van der Waals surface area (Å²) < 4.78 is 19.6. The molecule has 0 saturated carbocycles. The maximum absolute atomic E-state index is 14.0. The largest absolute Gasteiger partial charge is 0.507 e. The van der Waals surface area contributed by atoms with E-state index in [2.05, 4.69) is 22.2 Å². The molecule has 0 atom stereocenters. The molecule has 0 aliphatic carbocycles. The van der Waals surface area contributed by atoms with E-state index in [1.54, 1.807) is 30.3 Å². The van der Waals surface area contributed by atoms with Gasteiger partial charge in [0, 0.05) is 24.9 Å². The van der Waals surface area contributed by atoms with Gasteiger partial charge in [0.2, 0.25) is 0 Å². The van der Waals surface area contributed by atoms with Crippen molar-refractivity contribution >= 4 is 11.0 Å². The van der Waals surface area contributed by atoms with Gasteiger partial charge in [-0.25, -0.2) is 4.39 Å². The zero-order valence-corrected chi connectivity index (χ0v) is 15.6. The van der Waals surface area contributed by atoms with Gasteiger partial charge in [-0.15, -0.1) is 0 Å². The lowest BCUT2D eigenvalue weighted by Gasteiger charge is -2.17. The first kappa shape index (κ1) is 18.2. The molecule has 3 aromatic carbocycles. The van der Waals surface area contributed by atoms with Crippen LogP contribution >= 0.6 is 0 Å². The number of aromatic nitrogens is 1. The fourth-order valence-electron chi connectivity index (χ4n) is 3.42. The van der Waals surface area contributed by atoms with Gasteiger partial charge >= 0.3 is 0 Å². The van der Waals surface area contributed by atoms with Gasteiger partial charge in [-0.1, -0.05) is 53.7 Å². The van der Waals surface area contributed by atoms with Crippen molar-refractivity contribution < 1.29 is 14.0 Å². The average molecular weight is 376 g/mol. The molecule has 4 aromatic rings. The Morgan fingerprint density at radius 3 is 2.50 bits per heavy atom. The number of phenols is 1. The van der Waals surface area contributed by atoms with Crippen molar-refractivity contribution in [2.45, 2.75) is 19.5 Å². The van der Waals surface area contributed by atoms with E-state index in [-0.39, 0.29) is 11.6 Å². The SMILES string of the molecule is CN(Cc1ccccc1)Cc1c(O)ccc2c(Cc3ccccc3F)noc12. The van der Waals surface area contributed by atoms with Crippen LogP contribution in [0.1, 0.15) is 22.4 Å². The topological polar surface area (TPSA) is 49.5 Å². The third-order valence-electron chi connectivity index (χ3n) is 4.83. The molecule has 4 rings (SSSR count). The predicted molar refractivity (Wildman–Crippen MR) is 106 cm³/mol. The second kappa shape index (κ2) is 7.82. The highest BCUT2D eigenvalue weighted by molar-refractivity contribution is 5.84. The van der Waals surface area contributed by atoms with Crippen LogP contribution in [0.4, 0.5) is 4.39 Å². The molecular weight excluding hydrogens is 355 g/mol. The molecule has 1 aromatic heterocycles. The van der Waals surface area contributed by atoms with Crippen LogP contribution < -0.4 is 0 Å². The van der Waals surface area contributed by atoms with Gasteiger partial charge in [0.1, 0.15) is 11.6 Å². The van der Waals surface area contributed by atoms with Crippen molar-refractivity contribution in [2.24, 2.45) is 0 Å². The minimum atomic E-state index is -0.264. The van der Waals surface area contributed by atoms with Crippen LogP contribution in [0.3, 0.4) is 0 Å². The number of phenolic OH excluding ortho intramolecular Hbond substituents is 1. The van der Waals surface area contributed by atoms with Gasteiger partial charge in [0.15, 0.2) is 5.58 Å². The molecule has 0 bridgehead atoms. The molecule has 5 heteroatoms. The van der Waals surface area contributed by atoms with Gasteiger partial charge in [0.05, 0.1) is 11.3 Å². The van der Waals surface area contributed by atoms with Crippen molar-refractivity contribution in [3.63, 3.8) is 0 Å². The third-order valence-corrected chi connectivity index (χ3v) is 4.83. The molecule has 0 unspecified atom stereocenters. The van der Waals surface area contributed by atoms with Crippen LogP contribution in [-0.2, 0) is 19.5 Å². The maximum Gasteiger partial charge on any atom is 0.175 e. The second-order valence-corrected chi connectivity index (χ2v) is 7.00. The quantitative estimate of drug-likeness (QED) is 0.520. The van der Waals surface area contributed by atoms with Crippen molar-refractivity contribution in [1.82, 2.24) is 10.1 Å². The monoisotopic (exact) mass is 376 g/mol. The number of hydrogen-bond acceptors (Lipinski definition) is 4. The number of fused-ring (bicyclic) bond motifs is 1. The summed E-state index contributed by atoms with van der Waals surface area (Å²) in [6.07, 6.45) is 0.337. The summed E-state index contributed by atoms with van der Waals surface area (Å²) >= 11 is 0. The fraction of sp³-hybridized carbons (Fsp3) is 0.174. The molecule has 0 fully saturated rings. The molecule has 4 nitrogen and oxygen atoms in total. The highest BCUT2D eigenvalue weighted by Gasteiger charge is 2.18. The van der Waals surface area contributed by atoms with E-state index in [0.717, 1.165) is 11.9 Å². The van der Waals surface area contributed by atoms with Crippen LogP contribution in [0.5, 0.6) is 5.75 Å². The summed E-state index contributed by atoms with van der Waals surface area (Å²) in [6.45, 7) is 1.25. The number of hydrogen-bond donors (Lipinski definition) is 1. The van der Waals surface area contributed by atoms with E-state index < -0.39 is 0 Å². The number of nitrogens with zero attached hydrogens (tertiary/aromatic N) is 2. The molecule has 28 heavy (non-hydrogen) atoms. The normalized spacial score (nSPS) is 11.4. The standard InChI is InChI=1S/C23H21FN2O2/c1-26(14-16-7-3-2-4-8-16)15-19-22(27)12-11-18-21(25-28-23(18)19)13-17-9-5-6-10-20(17)24/h2-12,27H,13-15H2,1H3. The maximum atomic E-state index is 14.0. The third kappa shape index (κ3) is 3.75. The minimum absolute atomic E-state index is 0.168. The lowest BCUT2D eigenvalue weighted by molar-refractivity contribution is 0.310. The highest BCUT2D eigenvalue weighted by atomic mass is 19.1. The Morgan fingerprint density at radius 2 is 1.71 bits per heavy atom. The van der Waals surface area contributed by atoms with Gasteiger partial charge in [0.25, 0.3) is 0 Å². The van der Waals surface area contributed by atoms with Crippen molar-refractivity contribution in [2.75, 3.05) is 7.05 Å². The van der Waals surface area contributed by atoms with Gasteiger partial charge < -0.3 is 9.63 Å². The number of rotatable bonds is 6. The number of benzene rings is 3. The van der Waals surface area contributed by atoms with E-state index in [9.17, 15) is 9.50 Å². The van der Waals surface area contributed by atoms with Crippen LogP contribution in [0.2, 0.25) is 0 Å². The fourth-order valence-corrected chi connectivity index (χ4v) is 3.42. The Bertz CT molecular complexity index is 1090. The highest BCUT2D eigenvalue weighted by Crippen LogP contribution is 2.31. The van der Waals surface area contributed by atoms with Crippen LogP contribution in [-0.4, -0.2) is 22.2 Å². The summed E-state index contributed by atoms with van der Waals surface area (Å²) in [5.41, 5.74) is 3.64. The van der Waals surface area contributed by atoms with Crippen molar-refractivity contribution in [1.29, 1.82) is 0 Å². The summed E-state index contributed by atoms with van der Waals surface area (Å²) in [4.78, 5) is 2.10. The zero-order valence-electron chi connectivity index (χ0n) is 15.6. The molecular formula is C23H21FN2O2. The van der Waals surface area contributed by atoms with Crippen LogP contribution in [0.15, 0.2) is 71.3 Å². The van der Waals surface area contributed by atoms with Gasteiger partial charge in [-0.3, -0.25) is 4.90 Å². The molecule has 0 radical (unpaired) electrons. The first-order valence-electron chi connectivity index (χ1n) is 9.17. The van der Waals surface area contributed by atoms with Crippen molar-refractivity contribution in [3.05, 3.63) is 94.9 Å². The molecule has 142 valence electrons. The van der Waals surface area contributed by atoms with Crippen LogP contribution in [0, 0.1) is 5.82 Å². The zero-order chi connectivity index (χ0) is 19.5. The Balaban J connectivity index is 1.61. The van der Waals surface area contributed by atoms with E-state index in [0.29, 0.717) is 35.4 Å². The van der Waals surface area contributed by atoms with E-state index in [1.807, 2.05) is 25.2 Å². The first-order valence-corrected chi connectivity index (χ1v) is 9.17. The minimum Gasteiger partial charge on any atom is -0.507 e. The molecule has 0 aliphatic heterocycles. The van der Waals surface area contributed by atoms with E-state index in [4.69, 9.17) is 4.52 Å².